The predicted molar refractivity (Wildman–Crippen MR) is 70.4 cm³/mol. The molecule has 0 heterocycles. The lowest BCUT2D eigenvalue weighted by Gasteiger charge is -2.16. The van der Waals surface area contributed by atoms with Gasteiger partial charge in [0.2, 0.25) is 0 Å². The van der Waals surface area contributed by atoms with Crippen molar-refractivity contribution in [1.29, 1.82) is 0 Å². The topological polar surface area (TPSA) is 29.1 Å². The van der Waals surface area contributed by atoms with Crippen LogP contribution in [0.1, 0.15) is 5.56 Å². The molecule has 0 unspecified atom stereocenters. The van der Waals surface area contributed by atoms with Crippen molar-refractivity contribution < 1.29 is 13.6 Å². The van der Waals surface area contributed by atoms with Gasteiger partial charge in [-0.05, 0) is 12.1 Å². The summed E-state index contributed by atoms with van der Waals surface area (Å²) in [5, 5.41) is 2.34. The zero-order valence-corrected chi connectivity index (χ0v) is 10.5. The number of carbonyl (C=O) groups excluding carboxylic acids is 1. The molecule has 2 aromatic rings. The van der Waals surface area contributed by atoms with Crippen LogP contribution in [0.25, 0.3) is 0 Å². The number of halogens is 3. The van der Waals surface area contributed by atoms with Crippen molar-refractivity contribution in [2.45, 2.75) is 5.92 Å². The van der Waals surface area contributed by atoms with Gasteiger partial charge in [0.25, 0.3) is 5.91 Å². The molecular weight excluding hydrogens is 272 g/mol. The summed E-state index contributed by atoms with van der Waals surface area (Å²) >= 11 is 5.80. The molecule has 0 spiro atoms. The maximum atomic E-state index is 13.9. The van der Waals surface area contributed by atoms with E-state index in [0.29, 0.717) is 0 Å². The van der Waals surface area contributed by atoms with E-state index in [1.165, 1.54) is 36.4 Å². The van der Waals surface area contributed by atoms with Crippen molar-refractivity contribution in [3.63, 3.8) is 0 Å². The third-order valence-electron chi connectivity index (χ3n) is 2.54. The highest BCUT2D eigenvalue weighted by molar-refractivity contribution is 6.33. The van der Waals surface area contributed by atoms with Crippen LogP contribution in [0.2, 0.25) is 5.02 Å². The molecule has 1 amide bonds. The van der Waals surface area contributed by atoms with Crippen LogP contribution in [0.5, 0.6) is 0 Å². The molecule has 0 aliphatic heterocycles. The first-order valence-electron chi connectivity index (χ1n) is 5.51. The lowest BCUT2D eigenvalue weighted by atomic mass is 10.1. The van der Waals surface area contributed by atoms with Gasteiger partial charge >= 0.3 is 5.92 Å². The number of rotatable bonds is 3. The predicted octanol–water partition coefficient (Wildman–Crippen LogP) is 4.07. The van der Waals surface area contributed by atoms with Gasteiger partial charge < -0.3 is 5.32 Å². The Labute approximate surface area is 114 Å². The number of para-hydroxylation sites is 1. The zero-order chi connectivity index (χ0) is 13.9. The summed E-state index contributed by atoms with van der Waals surface area (Å²) < 4.78 is 27.8. The lowest BCUT2D eigenvalue weighted by molar-refractivity contribution is -0.140. The Bertz CT molecular complexity index is 587. The fraction of sp³-hybridized carbons (Fsp3) is 0.0714. The number of amides is 1. The van der Waals surface area contributed by atoms with Crippen LogP contribution in [0.15, 0.2) is 54.6 Å². The molecule has 0 atom stereocenters. The van der Waals surface area contributed by atoms with Crippen LogP contribution >= 0.6 is 11.6 Å². The van der Waals surface area contributed by atoms with E-state index in [1.54, 1.807) is 18.2 Å². The SMILES string of the molecule is O=C(Nc1ccccc1Cl)C(F)(F)c1ccccc1. The second kappa shape index (κ2) is 5.36. The van der Waals surface area contributed by atoms with Crippen LogP contribution in [-0.4, -0.2) is 5.91 Å². The molecule has 0 bridgehead atoms. The number of alkyl halides is 2. The van der Waals surface area contributed by atoms with Crippen molar-refractivity contribution in [1.82, 2.24) is 0 Å². The molecule has 0 aromatic heterocycles. The molecular formula is C14H10ClF2NO. The van der Waals surface area contributed by atoms with E-state index >= 15 is 0 Å². The highest BCUT2D eigenvalue weighted by Crippen LogP contribution is 2.30. The average molecular weight is 282 g/mol. The molecule has 0 aliphatic carbocycles. The van der Waals surface area contributed by atoms with Crippen LogP contribution in [0.4, 0.5) is 14.5 Å². The molecule has 0 radical (unpaired) electrons. The van der Waals surface area contributed by atoms with Gasteiger partial charge in [0.05, 0.1) is 10.7 Å². The Kier molecular flexibility index (Phi) is 3.81. The van der Waals surface area contributed by atoms with Crippen LogP contribution in [0, 0.1) is 0 Å². The Balaban J connectivity index is 2.23. The van der Waals surface area contributed by atoms with Gasteiger partial charge in [-0.2, -0.15) is 8.78 Å². The summed E-state index contributed by atoms with van der Waals surface area (Å²) in [6.45, 7) is 0. The molecule has 0 fully saturated rings. The number of benzene rings is 2. The van der Waals surface area contributed by atoms with E-state index in [1.807, 2.05) is 0 Å². The largest absolute Gasteiger partial charge is 0.350 e. The lowest BCUT2D eigenvalue weighted by Crippen LogP contribution is -2.32. The van der Waals surface area contributed by atoms with Gasteiger partial charge in [-0.1, -0.05) is 54.1 Å². The smallest absolute Gasteiger partial charge is 0.319 e. The van der Waals surface area contributed by atoms with Crippen LogP contribution < -0.4 is 5.32 Å². The molecule has 2 rings (SSSR count). The average Bonchev–Trinajstić information content (AvgIpc) is 2.42. The summed E-state index contributed by atoms with van der Waals surface area (Å²) in [6.07, 6.45) is 0. The minimum absolute atomic E-state index is 0.157. The first-order chi connectivity index (χ1) is 9.01. The number of nitrogens with one attached hydrogen (secondary N) is 1. The van der Waals surface area contributed by atoms with Gasteiger partial charge in [0.15, 0.2) is 0 Å². The van der Waals surface area contributed by atoms with Crippen molar-refractivity contribution in [2.24, 2.45) is 0 Å². The van der Waals surface area contributed by atoms with Gasteiger partial charge in [0.1, 0.15) is 0 Å². The minimum atomic E-state index is -3.61. The standard InChI is InChI=1S/C14H10ClF2NO/c15-11-8-4-5-9-12(11)18-13(19)14(16,17)10-6-2-1-3-7-10/h1-9H,(H,18,19). The summed E-state index contributed by atoms with van der Waals surface area (Å²) in [4.78, 5) is 11.7. The monoisotopic (exact) mass is 281 g/mol. The molecule has 2 aromatic carbocycles. The summed E-state index contributed by atoms with van der Waals surface area (Å²) in [5.74, 6) is -5.02. The molecule has 1 N–H and O–H groups in total. The van der Waals surface area contributed by atoms with Crippen LogP contribution in [0.3, 0.4) is 0 Å². The van der Waals surface area contributed by atoms with Crippen molar-refractivity contribution >= 4 is 23.2 Å². The van der Waals surface area contributed by atoms with E-state index in [2.05, 4.69) is 5.32 Å². The van der Waals surface area contributed by atoms with E-state index in [-0.39, 0.29) is 16.3 Å². The van der Waals surface area contributed by atoms with Gasteiger partial charge in [-0.15, -0.1) is 0 Å². The molecule has 2 nitrogen and oxygen atoms in total. The molecule has 0 aliphatic rings. The summed E-state index contributed by atoms with van der Waals surface area (Å²) in [7, 11) is 0. The number of anilines is 1. The number of carbonyl (C=O) groups is 1. The fourth-order valence-electron chi connectivity index (χ4n) is 1.54. The molecule has 5 heteroatoms. The summed E-state index contributed by atoms with van der Waals surface area (Å²) in [6, 6.07) is 13.1. The van der Waals surface area contributed by atoms with E-state index < -0.39 is 11.8 Å². The highest BCUT2D eigenvalue weighted by Gasteiger charge is 2.40. The van der Waals surface area contributed by atoms with E-state index in [0.717, 1.165) is 0 Å². The maximum absolute atomic E-state index is 13.9. The minimum Gasteiger partial charge on any atom is -0.319 e. The number of hydrogen-bond donors (Lipinski definition) is 1. The van der Waals surface area contributed by atoms with Gasteiger partial charge in [0, 0.05) is 5.56 Å². The summed E-state index contributed by atoms with van der Waals surface area (Å²) in [5.41, 5.74) is -0.204. The second-order valence-corrected chi connectivity index (χ2v) is 4.28. The third kappa shape index (κ3) is 2.90. The van der Waals surface area contributed by atoms with Crippen molar-refractivity contribution in [3.8, 4) is 0 Å². The van der Waals surface area contributed by atoms with Gasteiger partial charge in [-0.3, -0.25) is 4.79 Å². The normalized spacial score (nSPS) is 11.1. The Morgan fingerprint density at radius 1 is 1.00 bits per heavy atom. The second-order valence-electron chi connectivity index (χ2n) is 3.87. The molecule has 98 valence electrons. The first-order valence-corrected chi connectivity index (χ1v) is 5.89. The number of hydrogen-bond acceptors (Lipinski definition) is 1. The maximum Gasteiger partial charge on any atom is 0.350 e. The third-order valence-corrected chi connectivity index (χ3v) is 2.87. The molecule has 0 saturated carbocycles. The van der Waals surface area contributed by atoms with Gasteiger partial charge in [-0.25, -0.2) is 0 Å². The quantitative estimate of drug-likeness (QED) is 0.903. The van der Waals surface area contributed by atoms with E-state index in [9.17, 15) is 13.6 Å². The van der Waals surface area contributed by atoms with E-state index in [4.69, 9.17) is 11.6 Å². The highest BCUT2D eigenvalue weighted by atomic mass is 35.5. The Morgan fingerprint density at radius 2 is 1.58 bits per heavy atom. The Morgan fingerprint density at radius 3 is 2.21 bits per heavy atom. The Hall–Kier alpha value is -1.94. The fourth-order valence-corrected chi connectivity index (χ4v) is 1.72. The first kappa shape index (κ1) is 13.5. The zero-order valence-electron chi connectivity index (χ0n) is 9.74. The van der Waals surface area contributed by atoms with Crippen molar-refractivity contribution in [2.75, 3.05) is 5.32 Å². The molecule has 19 heavy (non-hydrogen) atoms. The molecule has 0 saturated heterocycles. The van der Waals surface area contributed by atoms with Crippen LogP contribution in [-0.2, 0) is 10.7 Å². The van der Waals surface area contributed by atoms with Crippen molar-refractivity contribution in [3.05, 3.63) is 65.2 Å².